The van der Waals surface area contributed by atoms with E-state index >= 15 is 0 Å². The molecule has 1 aromatic heterocycles. The van der Waals surface area contributed by atoms with Gasteiger partial charge in [0.15, 0.2) is 5.78 Å². The van der Waals surface area contributed by atoms with Crippen molar-refractivity contribution in [2.24, 2.45) is 22.2 Å². The molecule has 0 aliphatic carbocycles. The third-order valence-electron chi connectivity index (χ3n) is 11.1. The van der Waals surface area contributed by atoms with E-state index in [1.165, 1.54) is 71.3 Å². The number of allylic oxidation sites excluding steroid dienone is 2. The number of ketones is 1. The molecule has 5 aromatic rings. The third kappa shape index (κ3) is 9.46. The fraction of sp³-hybridized carbons (Fsp3) is 0.458. The molecule has 6 rings (SSSR count). The molecule has 0 amide bonds. The van der Waals surface area contributed by atoms with E-state index in [1.54, 1.807) is 0 Å². The van der Waals surface area contributed by atoms with Gasteiger partial charge in [-0.15, -0.1) is 29.3 Å². The van der Waals surface area contributed by atoms with E-state index in [-0.39, 0.29) is 48.4 Å². The summed E-state index contributed by atoms with van der Waals surface area (Å²) < 4.78 is 0. The molecule has 0 unspecified atom stereocenters. The molecular formula is C48H60IrNO2S-. The Morgan fingerprint density at radius 3 is 2.13 bits per heavy atom. The zero-order chi connectivity index (χ0) is 38.0. The minimum Gasteiger partial charge on any atom is -0.512 e. The van der Waals surface area contributed by atoms with Crippen molar-refractivity contribution in [1.82, 2.24) is 4.98 Å². The number of aliphatic hydroxyl groups is 1. The summed E-state index contributed by atoms with van der Waals surface area (Å²) in [5.41, 5.74) is 5.38. The van der Waals surface area contributed by atoms with Crippen LogP contribution in [0.25, 0.3) is 43.6 Å². The van der Waals surface area contributed by atoms with Crippen LogP contribution < -0.4 is 0 Å². The number of aromatic nitrogens is 1. The Labute approximate surface area is 337 Å². The van der Waals surface area contributed by atoms with Gasteiger partial charge in [-0.2, -0.15) is 0 Å². The monoisotopic (exact) mass is 907 g/mol. The summed E-state index contributed by atoms with van der Waals surface area (Å²) in [7, 11) is 0. The Morgan fingerprint density at radius 2 is 1.51 bits per heavy atom. The van der Waals surface area contributed by atoms with Gasteiger partial charge >= 0.3 is 0 Å². The van der Waals surface area contributed by atoms with Crippen molar-refractivity contribution in [3.8, 4) is 11.3 Å². The quantitative estimate of drug-likeness (QED) is 0.0644. The minimum absolute atomic E-state index is 0. The second-order valence-corrected chi connectivity index (χ2v) is 18.5. The second kappa shape index (κ2) is 17.2. The van der Waals surface area contributed by atoms with Crippen LogP contribution in [0.4, 0.5) is 0 Å². The summed E-state index contributed by atoms with van der Waals surface area (Å²) in [6.07, 6.45) is 10.1. The first-order valence-corrected chi connectivity index (χ1v) is 20.3. The summed E-state index contributed by atoms with van der Waals surface area (Å²) in [5, 5.41) is 17.8. The van der Waals surface area contributed by atoms with Gasteiger partial charge in [-0.25, -0.2) is 0 Å². The topological polar surface area (TPSA) is 50.2 Å². The Balaban J connectivity index is 0.000000316. The number of rotatable bonds is 10. The molecule has 1 aliphatic rings. The van der Waals surface area contributed by atoms with Gasteiger partial charge in [-0.1, -0.05) is 129 Å². The average Bonchev–Trinajstić information content (AvgIpc) is 3.10. The number of carbonyl (C=O) groups excluding carboxylic acids is 1. The van der Waals surface area contributed by atoms with Crippen LogP contribution in [0.2, 0.25) is 0 Å². The van der Waals surface area contributed by atoms with Crippen molar-refractivity contribution in [1.29, 1.82) is 0 Å². The first-order valence-electron chi connectivity index (χ1n) is 19.5. The maximum atomic E-state index is 11.9. The molecule has 4 aromatic carbocycles. The van der Waals surface area contributed by atoms with Crippen molar-refractivity contribution in [3.05, 3.63) is 89.8 Å². The maximum Gasteiger partial charge on any atom is 0.162 e. The van der Waals surface area contributed by atoms with Crippen LogP contribution in [-0.4, -0.2) is 15.9 Å². The molecule has 1 aliphatic heterocycles. The number of nitrogens with zero attached hydrogens (tertiary/aromatic N) is 1. The molecule has 0 fully saturated rings. The number of benzene rings is 4. The van der Waals surface area contributed by atoms with E-state index in [9.17, 15) is 9.90 Å². The number of pyridine rings is 1. The first kappa shape index (κ1) is 42.8. The molecule has 5 heteroatoms. The van der Waals surface area contributed by atoms with Gasteiger partial charge in [0, 0.05) is 54.3 Å². The zero-order valence-corrected chi connectivity index (χ0v) is 37.1. The molecule has 3 nitrogen and oxygen atoms in total. The summed E-state index contributed by atoms with van der Waals surface area (Å²) in [6, 6.07) is 24.0. The van der Waals surface area contributed by atoms with Crippen molar-refractivity contribution < 1.29 is 30.0 Å². The Hall–Kier alpha value is -2.98. The molecule has 0 spiro atoms. The second-order valence-electron chi connectivity index (χ2n) is 17.4. The third-order valence-corrected chi connectivity index (χ3v) is 12.3. The van der Waals surface area contributed by atoms with Gasteiger partial charge in [-0.3, -0.25) is 9.78 Å². The summed E-state index contributed by atoms with van der Waals surface area (Å²) in [6.45, 7) is 24.1. The van der Waals surface area contributed by atoms with E-state index in [1.807, 2.05) is 52.6 Å². The SMILES string of the molecule is CC(C)(C)CCc1cccc2c1cc1c3c(nccc32)-c2[c-]c3ccccc3c(CC(C)(C)C)c2S1.CCC(CC)C(=O)/C=C(\O)C(C)(CC)CC.[Ir]. The van der Waals surface area contributed by atoms with Gasteiger partial charge in [0.1, 0.15) is 5.76 Å². The molecule has 0 saturated carbocycles. The number of aryl methyl sites for hydroxylation is 1. The average molecular weight is 907 g/mol. The normalized spacial score (nSPS) is 13.2. The first-order chi connectivity index (χ1) is 24.5. The molecule has 53 heavy (non-hydrogen) atoms. The molecule has 0 bridgehead atoms. The van der Waals surface area contributed by atoms with Crippen LogP contribution in [0.1, 0.15) is 119 Å². The maximum absolute atomic E-state index is 11.9. The van der Waals surface area contributed by atoms with Crippen molar-refractivity contribution >= 4 is 49.9 Å². The molecule has 2 heterocycles. The van der Waals surface area contributed by atoms with E-state index in [2.05, 4.69) is 102 Å². The Kier molecular flexibility index (Phi) is 13.9. The van der Waals surface area contributed by atoms with Gasteiger partial charge in [-0.05, 0) is 99.9 Å². The Morgan fingerprint density at radius 1 is 0.849 bits per heavy atom. The molecule has 1 radical (unpaired) electrons. The standard InChI is InChI=1S/C34H34NS.C14H26O2.Ir/c1-33(2,3)16-14-21-11-9-13-24-25-15-17-35-31-27-18-22-10-7-8-12-23(22)28(20-34(4,5)6)32(27)36-29(30(25)31)19-26(21)24;1-6-11(7-2)12(15)10-13(16)14(5,8-3)9-4;/h7-13,15,17,19H,14,16,20H2,1-6H3;10-11,16H,6-9H2,1-5H3;/q-1;;/b;13-10-;. The largest absolute Gasteiger partial charge is 0.512 e. The predicted octanol–water partition coefficient (Wildman–Crippen LogP) is 14.3. The fourth-order valence-corrected chi connectivity index (χ4v) is 8.56. The number of hydrogen-bond acceptors (Lipinski definition) is 4. The molecule has 1 N–H and O–H groups in total. The van der Waals surface area contributed by atoms with E-state index < -0.39 is 0 Å². The zero-order valence-electron chi connectivity index (χ0n) is 33.9. The van der Waals surface area contributed by atoms with E-state index in [0.29, 0.717) is 5.41 Å². The van der Waals surface area contributed by atoms with Crippen LogP contribution in [0.5, 0.6) is 0 Å². The molecular weight excluding hydrogens is 847 g/mol. The van der Waals surface area contributed by atoms with Crippen LogP contribution in [0.15, 0.2) is 82.4 Å². The van der Waals surface area contributed by atoms with Crippen molar-refractivity contribution in [2.45, 2.75) is 131 Å². The summed E-state index contributed by atoms with van der Waals surface area (Å²) >= 11 is 1.93. The van der Waals surface area contributed by atoms with Gasteiger partial charge in [0.05, 0.1) is 0 Å². The summed E-state index contributed by atoms with van der Waals surface area (Å²) in [5.74, 6) is 0.366. The molecule has 285 valence electrons. The van der Waals surface area contributed by atoms with Crippen molar-refractivity contribution in [2.75, 3.05) is 0 Å². The summed E-state index contributed by atoms with van der Waals surface area (Å²) in [4.78, 5) is 19.5. The Bertz CT molecular complexity index is 2110. The predicted molar refractivity (Wildman–Crippen MR) is 225 cm³/mol. The fourth-order valence-electron chi connectivity index (χ4n) is 7.30. The van der Waals surface area contributed by atoms with Gasteiger partial charge in [0.25, 0.3) is 0 Å². The number of carbonyl (C=O) groups is 1. The van der Waals surface area contributed by atoms with E-state index in [0.717, 1.165) is 44.2 Å². The van der Waals surface area contributed by atoms with Crippen LogP contribution in [0.3, 0.4) is 0 Å². The number of aliphatic hydroxyl groups excluding tert-OH is 1. The van der Waals surface area contributed by atoms with E-state index in [4.69, 9.17) is 4.98 Å². The molecule has 0 atom stereocenters. The van der Waals surface area contributed by atoms with Gasteiger partial charge in [0.2, 0.25) is 0 Å². The van der Waals surface area contributed by atoms with Crippen LogP contribution in [0, 0.1) is 28.2 Å². The minimum atomic E-state index is -0.248. The molecule has 0 saturated heterocycles. The van der Waals surface area contributed by atoms with Crippen LogP contribution >= 0.6 is 11.8 Å². The number of fused-ring (bicyclic) bond motifs is 5. The smallest absolute Gasteiger partial charge is 0.162 e. The van der Waals surface area contributed by atoms with Gasteiger partial charge < -0.3 is 5.11 Å². The number of hydrogen-bond donors (Lipinski definition) is 1. The van der Waals surface area contributed by atoms with Crippen LogP contribution in [-0.2, 0) is 37.7 Å². The van der Waals surface area contributed by atoms with Crippen molar-refractivity contribution in [3.63, 3.8) is 0 Å².